The standard InChI is InChI=1S/C23H18N2O4/c1-28-20-12-6-11-19(14-20)25-22(26)21(17-8-3-2-4-9-17)29-23(27)18-10-5-7-16(13-18)15-24/h2-14,21H,1H3,(H,25,26)/t21-/m0/s1. The highest BCUT2D eigenvalue weighted by molar-refractivity contribution is 5.98. The van der Waals surface area contributed by atoms with Crippen LogP contribution < -0.4 is 10.1 Å². The van der Waals surface area contributed by atoms with Crippen molar-refractivity contribution in [2.24, 2.45) is 0 Å². The summed E-state index contributed by atoms with van der Waals surface area (Å²) < 4.78 is 10.7. The largest absolute Gasteiger partial charge is 0.497 e. The van der Waals surface area contributed by atoms with Crippen LogP contribution in [0.2, 0.25) is 0 Å². The quantitative estimate of drug-likeness (QED) is 0.644. The first kappa shape index (κ1) is 19.6. The molecule has 0 saturated heterocycles. The van der Waals surface area contributed by atoms with Gasteiger partial charge in [-0.05, 0) is 30.3 Å². The summed E-state index contributed by atoms with van der Waals surface area (Å²) in [7, 11) is 1.53. The van der Waals surface area contributed by atoms with Gasteiger partial charge in [-0.25, -0.2) is 4.79 Å². The third-order valence-electron chi connectivity index (χ3n) is 4.13. The fraction of sp³-hybridized carbons (Fsp3) is 0.0870. The first-order valence-electron chi connectivity index (χ1n) is 8.81. The summed E-state index contributed by atoms with van der Waals surface area (Å²) in [5.74, 6) is -0.615. The van der Waals surface area contributed by atoms with Gasteiger partial charge in [0, 0.05) is 17.3 Å². The molecule has 3 aromatic carbocycles. The molecule has 0 aliphatic carbocycles. The van der Waals surface area contributed by atoms with E-state index in [0.29, 0.717) is 22.6 Å². The van der Waals surface area contributed by atoms with Crippen LogP contribution in [0.5, 0.6) is 5.75 Å². The molecule has 1 N–H and O–H groups in total. The monoisotopic (exact) mass is 386 g/mol. The van der Waals surface area contributed by atoms with Gasteiger partial charge in [0.05, 0.1) is 24.3 Å². The minimum Gasteiger partial charge on any atom is -0.497 e. The number of methoxy groups -OCH3 is 1. The average molecular weight is 386 g/mol. The topological polar surface area (TPSA) is 88.4 Å². The van der Waals surface area contributed by atoms with Crippen LogP contribution in [0.3, 0.4) is 0 Å². The van der Waals surface area contributed by atoms with E-state index in [9.17, 15) is 9.59 Å². The molecular formula is C23H18N2O4. The van der Waals surface area contributed by atoms with Crippen molar-refractivity contribution in [3.05, 3.63) is 95.6 Å². The van der Waals surface area contributed by atoms with Gasteiger partial charge in [-0.3, -0.25) is 4.79 Å². The van der Waals surface area contributed by atoms with Crippen molar-refractivity contribution >= 4 is 17.6 Å². The number of rotatable bonds is 6. The van der Waals surface area contributed by atoms with Gasteiger partial charge < -0.3 is 14.8 Å². The Balaban J connectivity index is 1.85. The second-order valence-electron chi connectivity index (χ2n) is 6.11. The molecule has 3 aromatic rings. The maximum atomic E-state index is 12.9. The van der Waals surface area contributed by atoms with E-state index >= 15 is 0 Å². The minimum absolute atomic E-state index is 0.194. The molecule has 144 valence electrons. The zero-order valence-corrected chi connectivity index (χ0v) is 15.7. The van der Waals surface area contributed by atoms with Gasteiger partial charge in [0.15, 0.2) is 0 Å². The van der Waals surface area contributed by atoms with Gasteiger partial charge in [0.2, 0.25) is 6.10 Å². The van der Waals surface area contributed by atoms with Crippen molar-refractivity contribution in [3.63, 3.8) is 0 Å². The number of ether oxygens (including phenoxy) is 2. The Labute approximate surface area is 168 Å². The van der Waals surface area contributed by atoms with Gasteiger partial charge in [-0.1, -0.05) is 42.5 Å². The Kier molecular flexibility index (Phi) is 6.23. The number of benzene rings is 3. The van der Waals surface area contributed by atoms with E-state index in [1.54, 1.807) is 66.7 Å². The predicted octanol–water partition coefficient (Wildman–Crippen LogP) is 4.10. The van der Waals surface area contributed by atoms with E-state index in [-0.39, 0.29) is 5.56 Å². The lowest BCUT2D eigenvalue weighted by Gasteiger charge is -2.18. The lowest BCUT2D eigenvalue weighted by atomic mass is 10.1. The SMILES string of the molecule is COc1cccc(NC(=O)[C@@H](OC(=O)c2cccc(C#N)c2)c2ccccc2)c1. The summed E-state index contributed by atoms with van der Waals surface area (Å²) in [5.41, 5.74) is 1.56. The first-order valence-corrected chi connectivity index (χ1v) is 8.81. The highest BCUT2D eigenvalue weighted by atomic mass is 16.5. The van der Waals surface area contributed by atoms with E-state index < -0.39 is 18.0 Å². The maximum Gasteiger partial charge on any atom is 0.339 e. The normalized spacial score (nSPS) is 11.0. The number of carbonyl (C=O) groups is 2. The van der Waals surface area contributed by atoms with Crippen LogP contribution in [-0.4, -0.2) is 19.0 Å². The Morgan fingerprint density at radius 3 is 2.45 bits per heavy atom. The van der Waals surface area contributed by atoms with Crippen LogP contribution in [0.4, 0.5) is 5.69 Å². The average Bonchev–Trinajstić information content (AvgIpc) is 2.78. The van der Waals surface area contributed by atoms with Gasteiger partial charge >= 0.3 is 5.97 Å². The smallest absolute Gasteiger partial charge is 0.339 e. The van der Waals surface area contributed by atoms with Crippen molar-refractivity contribution < 1.29 is 19.1 Å². The molecule has 0 aliphatic rings. The number of hydrogen-bond acceptors (Lipinski definition) is 5. The summed E-state index contributed by atoms with van der Waals surface area (Å²) in [4.78, 5) is 25.5. The maximum absolute atomic E-state index is 12.9. The lowest BCUT2D eigenvalue weighted by Crippen LogP contribution is -2.26. The minimum atomic E-state index is -1.17. The second-order valence-corrected chi connectivity index (χ2v) is 6.11. The number of hydrogen-bond donors (Lipinski definition) is 1. The number of nitrogens with zero attached hydrogens (tertiary/aromatic N) is 1. The van der Waals surface area contributed by atoms with Crippen LogP contribution in [-0.2, 0) is 9.53 Å². The van der Waals surface area contributed by atoms with Crippen LogP contribution in [0.1, 0.15) is 27.6 Å². The van der Waals surface area contributed by atoms with Crippen molar-refractivity contribution in [2.45, 2.75) is 6.10 Å². The number of nitriles is 1. The molecule has 6 heteroatoms. The molecule has 0 fully saturated rings. The highest BCUT2D eigenvalue weighted by Gasteiger charge is 2.26. The third-order valence-corrected chi connectivity index (χ3v) is 4.13. The Bertz CT molecular complexity index is 1060. The molecule has 0 saturated carbocycles. The second kappa shape index (κ2) is 9.20. The molecule has 6 nitrogen and oxygen atoms in total. The molecular weight excluding hydrogens is 368 g/mol. The molecule has 0 bridgehead atoms. The van der Waals surface area contributed by atoms with E-state index in [1.807, 2.05) is 6.07 Å². The lowest BCUT2D eigenvalue weighted by molar-refractivity contribution is -0.125. The summed E-state index contributed by atoms with van der Waals surface area (Å²) >= 11 is 0. The molecule has 1 amide bonds. The van der Waals surface area contributed by atoms with Crippen molar-refractivity contribution in [2.75, 3.05) is 12.4 Å². The van der Waals surface area contributed by atoms with Crippen molar-refractivity contribution in [1.29, 1.82) is 5.26 Å². The number of anilines is 1. The van der Waals surface area contributed by atoms with Gasteiger partial charge in [-0.2, -0.15) is 5.26 Å². The van der Waals surface area contributed by atoms with Gasteiger partial charge in [0.25, 0.3) is 5.91 Å². The van der Waals surface area contributed by atoms with Crippen LogP contribution >= 0.6 is 0 Å². The first-order chi connectivity index (χ1) is 14.1. The molecule has 0 heterocycles. The number of nitrogens with one attached hydrogen (secondary N) is 1. The number of esters is 1. The molecule has 0 aliphatic heterocycles. The Morgan fingerprint density at radius 2 is 1.72 bits per heavy atom. The summed E-state index contributed by atoms with van der Waals surface area (Å²) in [5, 5.41) is 11.8. The molecule has 3 rings (SSSR count). The van der Waals surface area contributed by atoms with Crippen LogP contribution in [0, 0.1) is 11.3 Å². The molecule has 0 aromatic heterocycles. The van der Waals surface area contributed by atoms with Crippen molar-refractivity contribution in [1.82, 2.24) is 0 Å². The molecule has 29 heavy (non-hydrogen) atoms. The van der Waals surface area contributed by atoms with Gasteiger partial charge in [0.1, 0.15) is 5.75 Å². The van der Waals surface area contributed by atoms with E-state index in [2.05, 4.69) is 5.32 Å². The Hall–Kier alpha value is -4.11. The fourth-order valence-electron chi connectivity index (χ4n) is 2.70. The van der Waals surface area contributed by atoms with Crippen LogP contribution in [0.25, 0.3) is 0 Å². The molecule has 1 atom stereocenters. The highest BCUT2D eigenvalue weighted by Crippen LogP contribution is 2.23. The van der Waals surface area contributed by atoms with Gasteiger partial charge in [-0.15, -0.1) is 0 Å². The van der Waals surface area contributed by atoms with E-state index in [4.69, 9.17) is 14.7 Å². The zero-order valence-electron chi connectivity index (χ0n) is 15.7. The third kappa shape index (κ3) is 4.99. The fourth-order valence-corrected chi connectivity index (χ4v) is 2.70. The van der Waals surface area contributed by atoms with E-state index in [0.717, 1.165) is 0 Å². The zero-order chi connectivity index (χ0) is 20.6. The Morgan fingerprint density at radius 1 is 0.966 bits per heavy atom. The molecule has 0 radical (unpaired) electrons. The van der Waals surface area contributed by atoms with E-state index in [1.165, 1.54) is 19.2 Å². The van der Waals surface area contributed by atoms with Crippen molar-refractivity contribution in [3.8, 4) is 11.8 Å². The summed E-state index contributed by atoms with van der Waals surface area (Å²) in [6.07, 6.45) is -1.17. The number of amides is 1. The summed E-state index contributed by atoms with van der Waals surface area (Å²) in [6.45, 7) is 0. The summed E-state index contributed by atoms with van der Waals surface area (Å²) in [6, 6.07) is 23.7. The molecule has 0 spiro atoms. The number of carbonyl (C=O) groups excluding carboxylic acids is 2. The molecule has 0 unspecified atom stereocenters. The van der Waals surface area contributed by atoms with Crippen LogP contribution in [0.15, 0.2) is 78.9 Å². The predicted molar refractivity (Wildman–Crippen MR) is 107 cm³/mol.